The predicted molar refractivity (Wildman–Crippen MR) is 146 cm³/mol. The summed E-state index contributed by atoms with van der Waals surface area (Å²) in [5, 5.41) is 4.19. The first kappa shape index (κ1) is 23.0. The highest BCUT2D eigenvalue weighted by molar-refractivity contribution is 8.93. The molecular weight excluding hydrogens is 471 g/mol. The Morgan fingerprint density at radius 2 is 1.22 bits per heavy atom. The van der Waals surface area contributed by atoms with Gasteiger partial charge in [-0.05, 0) is 55.4 Å². The molecule has 0 amide bonds. The minimum absolute atomic E-state index is 0. The van der Waals surface area contributed by atoms with E-state index in [-0.39, 0.29) is 17.0 Å². The van der Waals surface area contributed by atoms with Crippen LogP contribution in [0.2, 0.25) is 0 Å². The smallest absolute Gasteiger partial charge is 0.0135 e. The second-order valence-electron chi connectivity index (χ2n) is 8.83. The van der Waals surface area contributed by atoms with Crippen LogP contribution in [0.15, 0.2) is 127 Å². The first-order valence-corrected chi connectivity index (χ1v) is 12.6. The van der Waals surface area contributed by atoms with Gasteiger partial charge >= 0.3 is 0 Å². The van der Waals surface area contributed by atoms with Gasteiger partial charge < -0.3 is 0 Å². The summed E-state index contributed by atoms with van der Waals surface area (Å²) in [7, 11) is -0.446. The number of halogens is 1. The van der Waals surface area contributed by atoms with Gasteiger partial charge in [0.25, 0.3) is 0 Å². The van der Waals surface area contributed by atoms with Crippen molar-refractivity contribution in [1.29, 1.82) is 0 Å². The largest absolute Gasteiger partial charge is 0.114 e. The number of rotatable bonds is 3. The fourth-order valence-corrected chi connectivity index (χ4v) is 7.66. The van der Waals surface area contributed by atoms with E-state index in [1.165, 1.54) is 28.8 Å². The summed E-state index contributed by atoms with van der Waals surface area (Å²) in [6.45, 7) is 2.29. The number of hydrogen-bond donors (Lipinski definition) is 0. The lowest BCUT2D eigenvalue weighted by molar-refractivity contribution is 0.418. The van der Waals surface area contributed by atoms with Gasteiger partial charge in [-0.2, -0.15) is 0 Å². The Labute approximate surface area is 204 Å². The van der Waals surface area contributed by atoms with Crippen LogP contribution in [0, 0.1) is 17.3 Å². The molecule has 3 aromatic carbocycles. The van der Waals surface area contributed by atoms with Crippen molar-refractivity contribution in [1.82, 2.24) is 0 Å². The van der Waals surface area contributed by atoms with Crippen LogP contribution in [0.1, 0.15) is 19.8 Å². The summed E-state index contributed by atoms with van der Waals surface area (Å²) < 4.78 is 0. The fourth-order valence-electron chi connectivity index (χ4n) is 5.35. The van der Waals surface area contributed by atoms with Crippen molar-refractivity contribution in [3.05, 3.63) is 127 Å². The molecule has 0 saturated heterocycles. The van der Waals surface area contributed by atoms with Gasteiger partial charge in [0.2, 0.25) is 0 Å². The van der Waals surface area contributed by atoms with Crippen LogP contribution in [0.3, 0.4) is 0 Å². The van der Waals surface area contributed by atoms with Gasteiger partial charge in [-0.25, -0.2) is 0 Å². The monoisotopic (exact) mass is 500 g/mol. The first-order chi connectivity index (χ1) is 15.3. The van der Waals surface area contributed by atoms with Crippen molar-refractivity contribution in [2.24, 2.45) is 17.3 Å². The summed E-state index contributed by atoms with van der Waals surface area (Å²) in [6.07, 6.45) is 14.5. The SMILES string of the molecule is Br.CC1=CC23C=CC=CC2CC1C3.c1ccc(P(c2ccccc2)c2ccccc2)cc1. The highest BCUT2D eigenvalue weighted by Gasteiger charge is 2.48. The van der Waals surface area contributed by atoms with Crippen LogP contribution in [-0.4, -0.2) is 0 Å². The highest BCUT2D eigenvalue weighted by Crippen LogP contribution is 2.58. The molecule has 32 heavy (non-hydrogen) atoms. The molecule has 3 atom stereocenters. The molecule has 0 N–H and O–H groups in total. The third-order valence-corrected chi connectivity index (χ3v) is 9.32. The molecule has 0 radical (unpaired) electrons. The van der Waals surface area contributed by atoms with Gasteiger partial charge in [0, 0.05) is 5.41 Å². The summed E-state index contributed by atoms with van der Waals surface area (Å²) in [6, 6.07) is 32.3. The van der Waals surface area contributed by atoms with Gasteiger partial charge in [0.05, 0.1) is 0 Å². The molecule has 2 bridgehead atoms. The molecule has 0 nitrogen and oxygen atoms in total. The standard InChI is InChI=1S/C18H15P.C12H14.BrH/c1-4-10-16(11-5-1)19(17-12-6-2-7-13-17)18-14-8-3-9-15-18;1-9-7-12-5-3-2-4-11(12)6-10(9)8-12;/h1-15H;2-5,7,10-11H,6,8H2,1H3;1H. The third kappa shape index (κ3) is 4.61. The lowest BCUT2D eigenvalue weighted by atomic mass is 9.75. The van der Waals surface area contributed by atoms with E-state index in [0.717, 1.165) is 11.8 Å². The maximum Gasteiger partial charge on any atom is 0.0135 e. The fraction of sp³-hybridized carbons (Fsp3) is 0.200. The van der Waals surface area contributed by atoms with E-state index in [4.69, 9.17) is 0 Å². The number of fused-ring (bicyclic) bond motifs is 1. The number of benzene rings is 3. The molecular formula is C30H30BrP. The number of hydrogen-bond acceptors (Lipinski definition) is 0. The Morgan fingerprint density at radius 1 is 0.719 bits per heavy atom. The average molecular weight is 501 g/mol. The van der Waals surface area contributed by atoms with Gasteiger partial charge in [0.1, 0.15) is 0 Å². The first-order valence-electron chi connectivity index (χ1n) is 11.3. The summed E-state index contributed by atoms with van der Waals surface area (Å²) >= 11 is 0. The molecule has 0 heterocycles. The Bertz CT molecular complexity index is 1010. The normalized spacial score (nSPS) is 24.2. The van der Waals surface area contributed by atoms with Gasteiger partial charge in [-0.15, -0.1) is 17.0 Å². The van der Waals surface area contributed by atoms with E-state index in [1.807, 2.05) is 0 Å². The highest BCUT2D eigenvalue weighted by atomic mass is 79.9. The van der Waals surface area contributed by atoms with E-state index < -0.39 is 7.92 Å². The summed E-state index contributed by atoms with van der Waals surface area (Å²) in [4.78, 5) is 0. The molecule has 2 heteroatoms. The summed E-state index contributed by atoms with van der Waals surface area (Å²) in [5.74, 6) is 1.71. The van der Waals surface area contributed by atoms with Gasteiger partial charge in [-0.3, -0.25) is 0 Å². The van der Waals surface area contributed by atoms with Crippen molar-refractivity contribution >= 4 is 40.8 Å². The lowest BCUT2D eigenvalue weighted by Gasteiger charge is -2.29. The van der Waals surface area contributed by atoms with Crippen molar-refractivity contribution in [2.45, 2.75) is 19.8 Å². The van der Waals surface area contributed by atoms with Gasteiger partial charge in [-0.1, -0.05) is 127 Å². The minimum Gasteiger partial charge on any atom is -0.114 e. The topological polar surface area (TPSA) is 0 Å². The zero-order chi connectivity index (χ0) is 21.1. The molecule has 0 aromatic heterocycles. The van der Waals surface area contributed by atoms with E-state index >= 15 is 0 Å². The molecule has 3 aliphatic rings. The van der Waals surface area contributed by atoms with Crippen LogP contribution in [0.25, 0.3) is 0 Å². The number of allylic oxidation sites excluding steroid dienone is 6. The maximum absolute atomic E-state index is 2.51. The molecule has 0 aliphatic heterocycles. The Balaban J connectivity index is 0.000000162. The molecule has 3 aliphatic carbocycles. The molecule has 6 rings (SSSR count). The quantitative estimate of drug-likeness (QED) is 0.265. The molecule has 1 saturated carbocycles. The maximum atomic E-state index is 2.51. The average Bonchev–Trinajstić information content (AvgIpc) is 3.35. The van der Waals surface area contributed by atoms with E-state index in [0.29, 0.717) is 5.41 Å². The third-order valence-electron chi connectivity index (χ3n) is 6.87. The zero-order valence-corrected chi connectivity index (χ0v) is 21.1. The zero-order valence-electron chi connectivity index (χ0n) is 18.5. The molecule has 3 unspecified atom stereocenters. The Kier molecular flexibility index (Phi) is 7.29. The van der Waals surface area contributed by atoms with Crippen LogP contribution in [0.5, 0.6) is 0 Å². The summed E-state index contributed by atoms with van der Waals surface area (Å²) in [5.41, 5.74) is 2.08. The predicted octanol–water partition coefficient (Wildman–Crippen LogP) is 7.11. The van der Waals surface area contributed by atoms with E-state index in [2.05, 4.69) is 128 Å². The minimum atomic E-state index is -0.446. The van der Waals surface area contributed by atoms with Crippen LogP contribution < -0.4 is 15.9 Å². The molecule has 162 valence electrons. The Morgan fingerprint density at radius 3 is 1.69 bits per heavy atom. The van der Waals surface area contributed by atoms with Crippen LogP contribution >= 0.6 is 24.9 Å². The van der Waals surface area contributed by atoms with Crippen LogP contribution in [-0.2, 0) is 0 Å². The second-order valence-corrected chi connectivity index (χ2v) is 11.1. The van der Waals surface area contributed by atoms with Crippen molar-refractivity contribution < 1.29 is 0 Å². The molecule has 3 aromatic rings. The van der Waals surface area contributed by atoms with Crippen LogP contribution in [0.4, 0.5) is 0 Å². The van der Waals surface area contributed by atoms with E-state index in [1.54, 1.807) is 5.57 Å². The molecule has 1 fully saturated rings. The van der Waals surface area contributed by atoms with Gasteiger partial charge in [0.15, 0.2) is 0 Å². The van der Waals surface area contributed by atoms with Crippen molar-refractivity contribution in [3.8, 4) is 0 Å². The molecule has 1 spiro atoms. The Hall–Kier alpha value is -2.21. The second kappa shape index (κ2) is 10.2. The van der Waals surface area contributed by atoms with E-state index in [9.17, 15) is 0 Å². The van der Waals surface area contributed by atoms with Crippen molar-refractivity contribution in [3.63, 3.8) is 0 Å². The lowest BCUT2D eigenvalue weighted by Crippen LogP contribution is -2.20. The van der Waals surface area contributed by atoms with Crippen molar-refractivity contribution in [2.75, 3.05) is 0 Å².